The van der Waals surface area contributed by atoms with E-state index in [0.29, 0.717) is 6.42 Å². The third kappa shape index (κ3) is 1.64. The molecule has 1 aromatic rings. The normalized spacial score (nSPS) is 15.3. The molecule has 4 nitrogen and oxygen atoms in total. The number of amides is 1. The summed E-state index contributed by atoms with van der Waals surface area (Å²) in [6.07, 6.45) is 1.53. The third-order valence-corrected chi connectivity index (χ3v) is 3.10. The zero-order valence-electron chi connectivity index (χ0n) is 9.58. The lowest BCUT2D eigenvalue weighted by molar-refractivity contribution is -0.131. The van der Waals surface area contributed by atoms with Crippen molar-refractivity contribution in [2.45, 2.75) is 33.2 Å². The molecule has 2 heterocycles. The fourth-order valence-corrected chi connectivity index (χ4v) is 2.22. The van der Waals surface area contributed by atoms with Gasteiger partial charge in [-0.25, -0.2) is 0 Å². The minimum absolute atomic E-state index is 0.236. The number of carbonyl (C=O) groups is 1. The minimum atomic E-state index is 0.236. The van der Waals surface area contributed by atoms with Crippen molar-refractivity contribution < 1.29 is 4.79 Å². The van der Waals surface area contributed by atoms with Crippen molar-refractivity contribution in [3.8, 4) is 0 Å². The van der Waals surface area contributed by atoms with E-state index < -0.39 is 0 Å². The molecule has 0 aromatic carbocycles. The number of nitrogens with zero attached hydrogens (tertiary/aromatic N) is 3. The molecular formula is C11H17N3O. The summed E-state index contributed by atoms with van der Waals surface area (Å²) < 4.78 is 1.90. The molecule has 0 spiro atoms. The van der Waals surface area contributed by atoms with Gasteiger partial charge in [0.25, 0.3) is 0 Å². The first-order chi connectivity index (χ1) is 7.13. The second-order valence-corrected chi connectivity index (χ2v) is 4.05. The van der Waals surface area contributed by atoms with Gasteiger partial charge in [0.05, 0.1) is 17.9 Å². The lowest BCUT2D eigenvalue weighted by Gasteiger charge is -2.27. The molecule has 1 amide bonds. The Morgan fingerprint density at radius 3 is 2.93 bits per heavy atom. The molecule has 0 saturated heterocycles. The Hall–Kier alpha value is -1.32. The SMILES string of the molecule is CCC(=O)N1CCc2c(C)nn(C)c2C1. The number of fused-ring (bicyclic) bond motifs is 1. The van der Waals surface area contributed by atoms with Crippen molar-refractivity contribution in [1.29, 1.82) is 0 Å². The van der Waals surface area contributed by atoms with Crippen LogP contribution in [0.4, 0.5) is 0 Å². The second-order valence-electron chi connectivity index (χ2n) is 4.05. The number of hydrogen-bond donors (Lipinski definition) is 0. The van der Waals surface area contributed by atoms with Gasteiger partial charge < -0.3 is 4.90 Å². The fraction of sp³-hybridized carbons (Fsp3) is 0.636. The van der Waals surface area contributed by atoms with Crippen LogP contribution < -0.4 is 0 Å². The Bertz CT molecular complexity index is 395. The molecule has 15 heavy (non-hydrogen) atoms. The van der Waals surface area contributed by atoms with Crippen LogP contribution in [0.25, 0.3) is 0 Å². The van der Waals surface area contributed by atoms with E-state index in [1.165, 1.54) is 11.3 Å². The molecule has 0 N–H and O–H groups in total. The van der Waals surface area contributed by atoms with Gasteiger partial charge >= 0.3 is 0 Å². The summed E-state index contributed by atoms with van der Waals surface area (Å²) in [4.78, 5) is 13.5. The van der Waals surface area contributed by atoms with Crippen LogP contribution in [0.2, 0.25) is 0 Å². The number of hydrogen-bond acceptors (Lipinski definition) is 2. The fourth-order valence-electron chi connectivity index (χ4n) is 2.22. The average molecular weight is 207 g/mol. The molecule has 0 aliphatic carbocycles. The van der Waals surface area contributed by atoms with E-state index in [2.05, 4.69) is 5.10 Å². The minimum Gasteiger partial charge on any atom is -0.336 e. The molecule has 1 aliphatic heterocycles. The van der Waals surface area contributed by atoms with Crippen molar-refractivity contribution in [2.75, 3.05) is 6.54 Å². The van der Waals surface area contributed by atoms with Crippen LogP contribution in [0.15, 0.2) is 0 Å². The van der Waals surface area contributed by atoms with E-state index in [1.807, 2.05) is 30.5 Å². The van der Waals surface area contributed by atoms with Crippen LogP contribution >= 0.6 is 0 Å². The molecule has 2 rings (SSSR count). The largest absolute Gasteiger partial charge is 0.336 e. The van der Waals surface area contributed by atoms with Crippen LogP contribution in [0.5, 0.6) is 0 Å². The van der Waals surface area contributed by atoms with Crippen molar-refractivity contribution in [3.05, 3.63) is 17.0 Å². The summed E-state index contributed by atoms with van der Waals surface area (Å²) in [6, 6.07) is 0. The molecule has 82 valence electrons. The van der Waals surface area contributed by atoms with Crippen molar-refractivity contribution in [3.63, 3.8) is 0 Å². The number of carbonyl (C=O) groups excluding carboxylic acids is 1. The van der Waals surface area contributed by atoms with E-state index >= 15 is 0 Å². The van der Waals surface area contributed by atoms with Gasteiger partial charge in [-0.3, -0.25) is 9.48 Å². The molecule has 1 aliphatic rings. The Morgan fingerprint density at radius 2 is 2.27 bits per heavy atom. The van der Waals surface area contributed by atoms with Gasteiger partial charge in [-0.1, -0.05) is 6.92 Å². The molecular weight excluding hydrogens is 190 g/mol. The molecule has 1 aromatic heterocycles. The molecule has 0 bridgehead atoms. The summed E-state index contributed by atoms with van der Waals surface area (Å²) in [5.74, 6) is 0.236. The van der Waals surface area contributed by atoms with Crippen LogP contribution in [0.1, 0.15) is 30.3 Å². The summed E-state index contributed by atoms with van der Waals surface area (Å²) >= 11 is 0. The van der Waals surface area contributed by atoms with Crippen molar-refractivity contribution in [1.82, 2.24) is 14.7 Å². The van der Waals surface area contributed by atoms with Gasteiger partial charge in [-0.15, -0.1) is 0 Å². The van der Waals surface area contributed by atoms with E-state index in [4.69, 9.17) is 0 Å². The van der Waals surface area contributed by atoms with E-state index in [-0.39, 0.29) is 5.91 Å². The van der Waals surface area contributed by atoms with Gasteiger partial charge in [-0.05, 0) is 18.9 Å². The summed E-state index contributed by atoms with van der Waals surface area (Å²) in [5, 5.41) is 4.39. The highest BCUT2D eigenvalue weighted by molar-refractivity contribution is 5.76. The van der Waals surface area contributed by atoms with E-state index in [0.717, 1.165) is 25.2 Å². The molecule has 0 atom stereocenters. The maximum atomic E-state index is 11.6. The molecule has 0 radical (unpaired) electrons. The molecule has 0 fully saturated rings. The van der Waals surface area contributed by atoms with Crippen LogP contribution in [-0.2, 0) is 24.8 Å². The first kappa shape index (κ1) is 10.2. The molecule has 4 heteroatoms. The highest BCUT2D eigenvalue weighted by Gasteiger charge is 2.23. The predicted molar refractivity (Wildman–Crippen MR) is 57.4 cm³/mol. The van der Waals surface area contributed by atoms with Crippen LogP contribution in [0.3, 0.4) is 0 Å². The maximum absolute atomic E-state index is 11.6. The van der Waals surface area contributed by atoms with Crippen LogP contribution in [-0.4, -0.2) is 27.1 Å². The maximum Gasteiger partial charge on any atom is 0.222 e. The Morgan fingerprint density at radius 1 is 1.53 bits per heavy atom. The lowest BCUT2D eigenvalue weighted by atomic mass is 10.0. The standard InChI is InChI=1S/C11H17N3O/c1-4-11(15)14-6-5-9-8(2)12-13(3)10(9)7-14/h4-7H2,1-3H3. The van der Waals surface area contributed by atoms with E-state index in [1.54, 1.807) is 0 Å². The van der Waals surface area contributed by atoms with Gasteiger partial charge in [-0.2, -0.15) is 5.10 Å². The first-order valence-electron chi connectivity index (χ1n) is 5.42. The smallest absolute Gasteiger partial charge is 0.222 e. The summed E-state index contributed by atoms with van der Waals surface area (Å²) in [5.41, 5.74) is 3.63. The summed E-state index contributed by atoms with van der Waals surface area (Å²) in [6.45, 7) is 5.51. The average Bonchev–Trinajstić information content (AvgIpc) is 2.53. The van der Waals surface area contributed by atoms with Gasteiger partial charge in [0.2, 0.25) is 5.91 Å². The zero-order chi connectivity index (χ0) is 11.0. The summed E-state index contributed by atoms with van der Waals surface area (Å²) in [7, 11) is 1.95. The van der Waals surface area contributed by atoms with Gasteiger partial charge in [0.15, 0.2) is 0 Å². The van der Waals surface area contributed by atoms with Crippen molar-refractivity contribution in [2.24, 2.45) is 7.05 Å². The Balaban J connectivity index is 2.26. The van der Waals surface area contributed by atoms with Crippen molar-refractivity contribution >= 4 is 5.91 Å². The van der Waals surface area contributed by atoms with Crippen LogP contribution in [0, 0.1) is 6.92 Å². The second kappa shape index (κ2) is 3.68. The molecule has 0 unspecified atom stereocenters. The highest BCUT2D eigenvalue weighted by atomic mass is 16.2. The number of aryl methyl sites for hydroxylation is 2. The topological polar surface area (TPSA) is 38.1 Å². The predicted octanol–water partition coefficient (Wildman–Crippen LogP) is 1.02. The lowest BCUT2D eigenvalue weighted by Crippen LogP contribution is -2.36. The number of aromatic nitrogens is 2. The highest BCUT2D eigenvalue weighted by Crippen LogP contribution is 2.21. The van der Waals surface area contributed by atoms with E-state index in [9.17, 15) is 4.79 Å². The molecule has 0 saturated carbocycles. The Kier molecular flexibility index (Phi) is 2.50. The first-order valence-corrected chi connectivity index (χ1v) is 5.42. The third-order valence-electron chi connectivity index (χ3n) is 3.10. The Labute approximate surface area is 89.9 Å². The number of rotatable bonds is 1. The van der Waals surface area contributed by atoms with Gasteiger partial charge in [0, 0.05) is 20.0 Å². The monoisotopic (exact) mass is 207 g/mol. The van der Waals surface area contributed by atoms with Gasteiger partial charge in [0.1, 0.15) is 0 Å². The quantitative estimate of drug-likeness (QED) is 0.689. The zero-order valence-corrected chi connectivity index (χ0v) is 9.58.